The molecule has 0 fully saturated rings. The standard InChI is InChI=1S/C19H22N6OS.ClH/c1-11(2)25-18-14(10-21-25)13(9-15(22-18)16-6-5-7-27-16)19-23-17(24-26-19)8-12(3)20-4;/h5-7,9-12,20H,8H2,1-4H3;1H. The molecule has 28 heavy (non-hydrogen) atoms. The summed E-state index contributed by atoms with van der Waals surface area (Å²) in [7, 11) is 1.92. The molecule has 4 aromatic rings. The summed E-state index contributed by atoms with van der Waals surface area (Å²) in [5.74, 6) is 1.19. The molecule has 0 spiro atoms. The monoisotopic (exact) mass is 418 g/mol. The predicted molar refractivity (Wildman–Crippen MR) is 114 cm³/mol. The Kier molecular flexibility index (Phi) is 6.12. The molecule has 0 aliphatic carbocycles. The molecule has 0 aliphatic rings. The SMILES string of the molecule is CNC(C)Cc1noc(-c2cc(-c3cccs3)nc3c2cnn3C(C)C)n1.Cl. The van der Waals surface area contributed by atoms with Gasteiger partial charge >= 0.3 is 0 Å². The third-order valence-corrected chi connectivity index (χ3v) is 5.40. The molecule has 0 bridgehead atoms. The molecule has 0 radical (unpaired) electrons. The lowest BCUT2D eigenvalue weighted by atomic mass is 10.1. The molecule has 4 rings (SSSR count). The molecule has 4 aromatic heterocycles. The van der Waals surface area contributed by atoms with E-state index in [1.807, 2.05) is 35.4 Å². The molecule has 1 unspecified atom stereocenters. The van der Waals surface area contributed by atoms with Crippen molar-refractivity contribution in [2.75, 3.05) is 7.05 Å². The van der Waals surface area contributed by atoms with Crippen LogP contribution in [0.4, 0.5) is 0 Å². The van der Waals surface area contributed by atoms with E-state index in [9.17, 15) is 0 Å². The second-order valence-corrected chi connectivity index (χ2v) is 7.81. The first-order valence-corrected chi connectivity index (χ1v) is 9.87. The molecular formula is C19H23ClN6OS. The maximum atomic E-state index is 5.60. The largest absolute Gasteiger partial charge is 0.334 e. The van der Waals surface area contributed by atoms with Gasteiger partial charge in [0.15, 0.2) is 11.5 Å². The van der Waals surface area contributed by atoms with Crippen molar-refractivity contribution in [2.45, 2.75) is 39.3 Å². The third kappa shape index (κ3) is 3.80. The minimum atomic E-state index is 0. The van der Waals surface area contributed by atoms with Gasteiger partial charge in [0.1, 0.15) is 0 Å². The molecule has 9 heteroatoms. The average Bonchev–Trinajstić information content (AvgIpc) is 3.40. The summed E-state index contributed by atoms with van der Waals surface area (Å²) in [6.07, 6.45) is 2.53. The van der Waals surface area contributed by atoms with Crippen molar-refractivity contribution < 1.29 is 4.52 Å². The lowest BCUT2D eigenvalue weighted by molar-refractivity contribution is 0.418. The number of hydrogen-bond acceptors (Lipinski definition) is 7. The fraction of sp³-hybridized carbons (Fsp3) is 0.368. The van der Waals surface area contributed by atoms with Crippen molar-refractivity contribution in [1.29, 1.82) is 0 Å². The van der Waals surface area contributed by atoms with Crippen LogP contribution in [0.2, 0.25) is 0 Å². The summed E-state index contributed by atoms with van der Waals surface area (Å²) in [5.41, 5.74) is 2.58. The summed E-state index contributed by atoms with van der Waals surface area (Å²) in [6, 6.07) is 6.58. The Morgan fingerprint density at radius 2 is 2.07 bits per heavy atom. The van der Waals surface area contributed by atoms with Gasteiger partial charge in [-0.15, -0.1) is 23.7 Å². The molecule has 0 amide bonds. The van der Waals surface area contributed by atoms with Crippen LogP contribution in [0.3, 0.4) is 0 Å². The van der Waals surface area contributed by atoms with Crippen LogP contribution in [0.5, 0.6) is 0 Å². The van der Waals surface area contributed by atoms with E-state index in [1.54, 1.807) is 11.3 Å². The van der Waals surface area contributed by atoms with E-state index in [0.29, 0.717) is 18.1 Å². The number of rotatable bonds is 6. The van der Waals surface area contributed by atoms with Crippen LogP contribution >= 0.6 is 23.7 Å². The van der Waals surface area contributed by atoms with Crippen LogP contribution < -0.4 is 5.32 Å². The molecule has 0 saturated carbocycles. The molecule has 0 aliphatic heterocycles. The van der Waals surface area contributed by atoms with Crippen molar-refractivity contribution in [3.05, 3.63) is 35.6 Å². The van der Waals surface area contributed by atoms with Crippen molar-refractivity contribution >= 4 is 34.8 Å². The minimum absolute atomic E-state index is 0. The number of likely N-dealkylation sites (N-methyl/N-ethyl adjacent to an activating group) is 1. The molecular weight excluding hydrogens is 396 g/mol. The smallest absolute Gasteiger partial charge is 0.258 e. The van der Waals surface area contributed by atoms with Gasteiger partial charge in [0.25, 0.3) is 5.89 Å². The lowest BCUT2D eigenvalue weighted by Gasteiger charge is -2.08. The van der Waals surface area contributed by atoms with Crippen LogP contribution in [-0.2, 0) is 6.42 Å². The Morgan fingerprint density at radius 3 is 2.75 bits per heavy atom. The number of fused-ring (bicyclic) bond motifs is 1. The molecule has 1 N–H and O–H groups in total. The number of hydrogen-bond donors (Lipinski definition) is 1. The molecule has 4 heterocycles. The fourth-order valence-electron chi connectivity index (χ4n) is 2.95. The quantitative estimate of drug-likeness (QED) is 0.501. The number of nitrogens with one attached hydrogen (secondary N) is 1. The van der Waals surface area contributed by atoms with Crippen LogP contribution in [0.25, 0.3) is 33.1 Å². The van der Waals surface area contributed by atoms with Crippen molar-refractivity contribution in [3.63, 3.8) is 0 Å². The maximum Gasteiger partial charge on any atom is 0.258 e. The number of thiophene rings is 1. The molecule has 0 saturated heterocycles. The number of aromatic nitrogens is 5. The van der Waals surface area contributed by atoms with Gasteiger partial charge < -0.3 is 9.84 Å². The van der Waals surface area contributed by atoms with E-state index >= 15 is 0 Å². The second kappa shape index (κ2) is 8.38. The van der Waals surface area contributed by atoms with Crippen LogP contribution in [0, 0.1) is 0 Å². The average molecular weight is 419 g/mol. The zero-order valence-electron chi connectivity index (χ0n) is 16.2. The van der Waals surface area contributed by atoms with E-state index in [1.165, 1.54) is 0 Å². The van der Waals surface area contributed by atoms with Crippen molar-refractivity contribution in [3.8, 4) is 22.0 Å². The summed E-state index contributed by atoms with van der Waals surface area (Å²) in [4.78, 5) is 10.6. The Bertz CT molecular complexity index is 1060. The van der Waals surface area contributed by atoms with Crippen molar-refractivity contribution in [1.82, 2.24) is 30.2 Å². The van der Waals surface area contributed by atoms with Gasteiger partial charge in [-0.1, -0.05) is 11.2 Å². The Hall–Kier alpha value is -2.29. The Morgan fingerprint density at radius 1 is 1.25 bits per heavy atom. The highest BCUT2D eigenvalue weighted by Crippen LogP contribution is 2.33. The first-order valence-electron chi connectivity index (χ1n) is 8.99. The summed E-state index contributed by atoms with van der Waals surface area (Å²) >= 11 is 1.65. The summed E-state index contributed by atoms with van der Waals surface area (Å²) in [5, 5.41) is 14.8. The highest BCUT2D eigenvalue weighted by atomic mass is 35.5. The van der Waals surface area contributed by atoms with Gasteiger partial charge in [0.05, 0.1) is 27.7 Å². The second-order valence-electron chi connectivity index (χ2n) is 6.86. The van der Waals surface area contributed by atoms with Gasteiger partial charge in [0.2, 0.25) is 0 Å². The van der Waals surface area contributed by atoms with Crippen molar-refractivity contribution in [2.24, 2.45) is 0 Å². The van der Waals surface area contributed by atoms with E-state index < -0.39 is 0 Å². The number of pyridine rings is 1. The van der Waals surface area contributed by atoms with Gasteiger partial charge in [0, 0.05) is 18.5 Å². The molecule has 148 valence electrons. The van der Waals surface area contributed by atoms with Crippen LogP contribution in [-0.4, -0.2) is 38.0 Å². The highest BCUT2D eigenvalue weighted by molar-refractivity contribution is 7.13. The van der Waals surface area contributed by atoms with Gasteiger partial charge in [-0.3, -0.25) is 0 Å². The fourth-order valence-corrected chi connectivity index (χ4v) is 3.63. The van der Waals surface area contributed by atoms with E-state index in [2.05, 4.69) is 47.4 Å². The highest BCUT2D eigenvalue weighted by Gasteiger charge is 2.20. The summed E-state index contributed by atoms with van der Waals surface area (Å²) < 4.78 is 7.52. The lowest BCUT2D eigenvalue weighted by Crippen LogP contribution is -2.24. The third-order valence-electron chi connectivity index (χ3n) is 4.51. The predicted octanol–water partition coefficient (Wildman–Crippen LogP) is 4.36. The topological polar surface area (TPSA) is 81.7 Å². The Labute approximate surface area is 173 Å². The normalized spacial score (nSPS) is 12.5. The maximum absolute atomic E-state index is 5.60. The van der Waals surface area contributed by atoms with Gasteiger partial charge in [-0.05, 0) is 45.3 Å². The summed E-state index contributed by atoms with van der Waals surface area (Å²) in [6.45, 7) is 6.27. The minimum Gasteiger partial charge on any atom is -0.334 e. The van der Waals surface area contributed by atoms with Crippen LogP contribution in [0.1, 0.15) is 32.6 Å². The Balaban J connectivity index is 0.00000225. The molecule has 7 nitrogen and oxygen atoms in total. The van der Waals surface area contributed by atoms with Gasteiger partial charge in [-0.2, -0.15) is 10.1 Å². The zero-order chi connectivity index (χ0) is 19.0. The van der Waals surface area contributed by atoms with E-state index in [0.717, 1.165) is 27.2 Å². The zero-order valence-corrected chi connectivity index (χ0v) is 17.8. The number of halogens is 1. The molecule has 1 atom stereocenters. The first-order chi connectivity index (χ1) is 13.1. The van der Waals surface area contributed by atoms with Crippen LogP contribution in [0.15, 0.2) is 34.3 Å². The van der Waals surface area contributed by atoms with E-state index in [4.69, 9.17) is 9.51 Å². The van der Waals surface area contributed by atoms with E-state index in [-0.39, 0.29) is 24.5 Å². The first kappa shape index (κ1) is 20.4. The molecule has 0 aromatic carbocycles. The van der Waals surface area contributed by atoms with Gasteiger partial charge in [-0.25, -0.2) is 9.67 Å². The number of nitrogens with zero attached hydrogens (tertiary/aromatic N) is 5.